The number of hydrogen-bond acceptors (Lipinski definition) is 3. The normalized spacial score (nSPS) is 11.7. The highest BCUT2D eigenvalue weighted by Gasteiger charge is 2.22. The summed E-state index contributed by atoms with van der Waals surface area (Å²) in [6.45, 7) is 3.96. The zero-order valence-corrected chi connectivity index (χ0v) is 11.5. The molecule has 4 N–H and O–H groups in total. The molecule has 0 aliphatic heterocycles. The minimum absolute atomic E-state index is 0.204. The van der Waals surface area contributed by atoms with E-state index >= 15 is 0 Å². The Labute approximate surface area is 113 Å². The third kappa shape index (κ3) is 7.28. The maximum Gasteiger partial charge on any atom is 0.326 e. The first-order valence-electron chi connectivity index (χ1n) is 6.48. The molecule has 0 saturated heterocycles. The van der Waals surface area contributed by atoms with Gasteiger partial charge in [0.05, 0.1) is 0 Å². The molecule has 0 radical (unpaired) electrons. The Kier molecular flexibility index (Phi) is 8.32. The largest absolute Gasteiger partial charge is 0.480 e. The van der Waals surface area contributed by atoms with Gasteiger partial charge in [-0.3, -0.25) is 4.79 Å². The van der Waals surface area contributed by atoms with Crippen molar-refractivity contribution in [1.82, 2.24) is 10.2 Å². The molecule has 0 spiro atoms. The lowest BCUT2D eigenvalue weighted by atomic mass is 10.2. The Morgan fingerprint density at radius 3 is 2.32 bits per heavy atom. The van der Waals surface area contributed by atoms with Crippen LogP contribution in [0.1, 0.15) is 39.5 Å². The molecule has 7 heteroatoms. The van der Waals surface area contributed by atoms with Crippen LogP contribution in [0.2, 0.25) is 0 Å². The van der Waals surface area contributed by atoms with E-state index in [1.54, 1.807) is 0 Å². The second-order valence-electron chi connectivity index (χ2n) is 4.37. The van der Waals surface area contributed by atoms with E-state index in [-0.39, 0.29) is 6.54 Å². The van der Waals surface area contributed by atoms with Crippen LogP contribution < -0.4 is 11.1 Å². The molecule has 0 aliphatic carbocycles. The Morgan fingerprint density at radius 1 is 1.26 bits per heavy atom. The summed E-state index contributed by atoms with van der Waals surface area (Å²) in [5, 5.41) is 11.4. The number of urea groups is 1. The third-order valence-corrected chi connectivity index (χ3v) is 2.59. The van der Waals surface area contributed by atoms with Gasteiger partial charge in [-0.1, -0.05) is 26.7 Å². The number of nitrogens with one attached hydrogen (secondary N) is 1. The molecule has 0 aromatic carbocycles. The molecule has 0 saturated carbocycles. The van der Waals surface area contributed by atoms with Crippen LogP contribution in [0.4, 0.5) is 4.79 Å². The number of carbonyl (C=O) groups is 3. The number of amides is 3. The highest BCUT2D eigenvalue weighted by molar-refractivity contribution is 5.86. The highest BCUT2D eigenvalue weighted by Crippen LogP contribution is 2.01. The van der Waals surface area contributed by atoms with Crippen molar-refractivity contribution >= 4 is 17.9 Å². The van der Waals surface area contributed by atoms with Crippen LogP contribution in [0.15, 0.2) is 0 Å². The Balaban J connectivity index is 4.58. The lowest BCUT2D eigenvalue weighted by molar-refractivity contribution is -0.139. The van der Waals surface area contributed by atoms with Crippen molar-refractivity contribution in [3.63, 3.8) is 0 Å². The number of nitrogens with two attached hydrogens (primary N) is 1. The molecule has 110 valence electrons. The van der Waals surface area contributed by atoms with Crippen LogP contribution in [0.25, 0.3) is 0 Å². The van der Waals surface area contributed by atoms with Gasteiger partial charge in [0.1, 0.15) is 12.6 Å². The van der Waals surface area contributed by atoms with Gasteiger partial charge in [-0.25, -0.2) is 9.59 Å². The molecule has 0 heterocycles. The van der Waals surface area contributed by atoms with Crippen molar-refractivity contribution in [1.29, 1.82) is 0 Å². The summed E-state index contributed by atoms with van der Waals surface area (Å²) in [6, 6.07) is -1.50. The molecule has 0 aromatic rings. The smallest absolute Gasteiger partial charge is 0.326 e. The van der Waals surface area contributed by atoms with Crippen LogP contribution in [-0.4, -0.2) is 47.0 Å². The second-order valence-corrected chi connectivity index (χ2v) is 4.37. The first-order chi connectivity index (χ1) is 8.92. The quantitative estimate of drug-likeness (QED) is 0.569. The molecular weight excluding hydrogens is 250 g/mol. The fourth-order valence-corrected chi connectivity index (χ4v) is 1.58. The standard InChI is InChI=1S/C12H23N3O4/c1-3-5-7-15(8-10(13)16)12(19)14-9(6-4-2)11(17)18/h9H,3-8H2,1-2H3,(H2,13,16)(H,14,19)(H,17,18). The summed E-state index contributed by atoms with van der Waals surface area (Å²) in [6.07, 6.45) is 2.58. The molecule has 0 fully saturated rings. The number of hydrogen-bond donors (Lipinski definition) is 3. The van der Waals surface area contributed by atoms with Gasteiger partial charge in [-0.2, -0.15) is 0 Å². The monoisotopic (exact) mass is 273 g/mol. The zero-order valence-electron chi connectivity index (χ0n) is 11.5. The summed E-state index contributed by atoms with van der Waals surface area (Å²) >= 11 is 0. The number of carbonyl (C=O) groups excluding carboxylic acids is 2. The molecule has 1 unspecified atom stereocenters. The van der Waals surface area contributed by atoms with Crippen LogP contribution in [-0.2, 0) is 9.59 Å². The van der Waals surface area contributed by atoms with Gasteiger partial charge in [0, 0.05) is 6.54 Å². The summed E-state index contributed by atoms with van der Waals surface area (Å²) in [5.41, 5.74) is 5.08. The Bertz CT molecular complexity index is 320. The van der Waals surface area contributed by atoms with Gasteiger partial charge in [0.15, 0.2) is 0 Å². The number of carboxylic acids is 1. The van der Waals surface area contributed by atoms with Crippen molar-refractivity contribution in [3.8, 4) is 0 Å². The van der Waals surface area contributed by atoms with Gasteiger partial charge >= 0.3 is 12.0 Å². The minimum atomic E-state index is -1.08. The fraction of sp³-hybridized carbons (Fsp3) is 0.750. The molecule has 7 nitrogen and oxygen atoms in total. The van der Waals surface area contributed by atoms with E-state index in [4.69, 9.17) is 10.8 Å². The topological polar surface area (TPSA) is 113 Å². The van der Waals surface area contributed by atoms with E-state index < -0.39 is 23.9 Å². The fourth-order valence-electron chi connectivity index (χ4n) is 1.58. The molecule has 19 heavy (non-hydrogen) atoms. The molecule has 0 aliphatic rings. The third-order valence-electron chi connectivity index (χ3n) is 2.59. The molecule has 1 atom stereocenters. The number of rotatable bonds is 9. The van der Waals surface area contributed by atoms with E-state index in [9.17, 15) is 14.4 Å². The van der Waals surface area contributed by atoms with Crippen LogP contribution in [0.3, 0.4) is 0 Å². The lowest BCUT2D eigenvalue weighted by Gasteiger charge is -2.23. The van der Waals surface area contributed by atoms with Crippen LogP contribution >= 0.6 is 0 Å². The van der Waals surface area contributed by atoms with Gasteiger partial charge in [-0.05, 0) is 12.8 Å². The van der Waals surface area contributed by atoms with Gasteiger partial charge in [0.25, 0.3) is 0 Å². The molecule has 0 aromatic heterocycles. The second kappa shape index (κ2) is 9.18. The summed E-state index contributed by atoms with van der Waals surface area (Å²) in [7, 11) is 0. The van der Waals surface area contributed by atoms with Crippen molar-refractivity contribution in [2.45, 2.75) is 45.6 Å². The Hall–Kier alpha value is -1.79. The molecular formula is C12H23N3O4. The highest BCUT2D eigenvalue weighted by atomic mass is 16.4. The van der Waals surface area contributed by atoms with Gasteiger partial charge in [-0.15, -0.1) is 0 Å². The van der Waals surface area contributed by atoms with Crippen molar-refractivity contribution < 1.29 is 19.5 Å². The molecule has 0 rings (SSSR count). The van der Waals surface area contributed by atoms with E-state index in [0.29, 0.717) is 19.4 Å². The maximum absolute atomic E-state index is 11.9. The SMILES string of the molecule is CCCCN(CC(N)=O)C(=O)NC(CCC)C(=O)O. The average molecular weight is 273 g/mol. The van der Waals surface area contributed by atoms with Gasteiger partial charge < -0.3 is 21.1 Å². The first-order valence-corrected chi connectivity index (χ1v) is 6.48. The summed E-state index contributed by atoms with van der Waals surface area (Å²) in [5.74, 6) is -1.70. The van der Waals surface area contributed by atoms with E-state index in [1.807, 2.05) is 13.8 Å². The van der Waals surface area contributed by atoms with Crippen LogP contribution in [0, 0.1) is 0 Å². The maximum atomic E-state index is 11.9. The lowest BCUT2D eigenvalue weighted by Crippen LogP contribution is -2.50. The average Bonchev–Trinajstić information content (AvgIpc) is 2.33. The van der Waals surface area contributed by atoms with E-state index in [0.717, 1.165) is 12.8 Å². The van der Waals surface area contributed by atoms with Crippen molar-refractivity contribution in [2.24, 2.45) is 5.73 Å². The van der Waals surface area contributed by atoms with Crippen LogP contribution in [0.5, 0.6) is 0 Å². The first kappa shape index (κ1) is 17.2. The molecule has 0 bridgehead atoms. The minimum Gasteiger partial charge on any atom is -0.480 e. The number of nitrogens with zero attached hydrogens (tertiary/aromatic N) is 1. The summed E-state index contributed by atoms with van der Waals surface area (Å²) in [4.78, 5) is 35.0. The summed E-state index contributed by atoms with van der Waals surface area (Å²) < 4.78 is 0. The Morgan fingerprint density at radius 2 is 1.89 bits per heavy atom. The number of primary amides is 1. The van der Waals surface area contributed by atoms with E-state index in [1.165, 1.54) is 4.90 Å². The number of unbranched alkanes of at least 4 members (excludes halogenated alkanes) is 1. The van der Waals surface area contributed by atoms with Crippen molar-refractivity contribution in [2.75, 3.05) is 13.1 Å². The molecule has 3 amide bonds. The number of aliphatic carboxylic acids is 1. The van der Waals surface area contributed by atoms with E-state index in [2.05, 4.69) is 5.32 Å². The van der Waals surface area contributed by atoms with Gasteiger partial charge in [0.2, 0.25) is 5.91 Å². The zero-order chi connectivity index (χ0) is 14.8. The predicted octanol–water partition coefficient (Wildman–Crippen LogP) is 0.537. The number of carboxylic acid groups (broad SMARTS) is 1. The predicted molar refractivity (Wildman–Crippen MR) is 70.5 cm³/mol. The van der Waals surface area contributed by atoms with Crippen molar-refractivity contribution in [3.05, 3.63) is 0 Å².